The number of rotatable bonds is 3. The molecule has 104 valence electrons. The molecule has 0 aliphatic carbocycles. The van der Waals surface area contributed by atoms with Crippen molar-refractivity contribution >= 4 is 0 Å². The zero-order valence-corrected chi connectivity index (χ0v) is 11.8. The minimum Gasteiger partial charge on any atom is -0.378 e. The molecule has 2 aliphatic rings. The highest BCUT2D eigenvalue weighted by atomic mass is 16.5. The normalized spacial score (nSPS) is 28.1. The summed E-state index contributed by atoms with van der Waals surface area (Å²) in [5.41, 5.74) is 3.02. The molecule has 3 heteroatoms. The van der Waals surface area contributed by atoms with Crippen LogP contribution in [0.3, 0.4) is 0 Å². The summed E-state index contributed by atoms with van der Waals surface area (Å²) in [6, 6.07) is 9.95. The largest absolute Gasteiger partial charge is 0.378 e. The van der Waals surface area contributed by atoms with Gasteiger partial charge in [0.05, 0.1) is 13.2 Å². The molecule has 0 saturated carbocycles. The highest BCUT2D eigenvalue weighted by Crippen LogP contribution is 2.25. The second-order valence-corrected chi connectivity index (χ2v) is 5.59. The lowest BCUT2D eigenvalue weighted by molar-refractivity contribution is -0.0129. The fraction of sp³-hybridized carbons (Fsp3) is 0.625. The Morgan fingerprint density at radius 1 is 1.37 bits per heavy atom. The van der Waals surface area contributed by atoms with Crippen molar-refractivity contribution in [2.45, 2.75) is 31.8 Å². The van der Waals surface area contributed by atoms with Crippen molar-refractivity contribution in [1.82, 2.24) is 10.2 Å². The van der Waals surface area contributed by atoms with Crippen LogP contribution in [0.5, 0.6) is 0 Å². The molecule has 1 fully saturated rings. The van der Waals surface area contributed by atoms with Crippen LogP contribution in [0.4, 0.5) is 0 Å². The third-order valence-electron chi connectivity index (χ3n) is 4.45. The van der Waals surface area contributed by atoms with Crippen LogP contribution < -0.4 is 5.32 Å². The van der Waals surface area contributed by atoms with Gasteiger partial charge in [-0.3, -0.25) is 4.90 Å². The van der Waals surface area contributed by atoms with E-state index < -0.39 is 0 Å². The molecule has 0 bridgehead atoms. The monoisotopic (exact) mass is 260 g/mol. The van der Waals surface area contributed by atoms with Gasteiger partial charge in [0.2, 0.25) is 0 Å². The Kier molecular flexibility index (Phi) is 4.16. The van der Waals surface area contributed by atoms with E-state index >= 15 is 0 Å². The number of ether oxygens (including phenoxy) is 1. The topological polar surface area (TPSA) is 24.5 Å². The van der Waals surface area contributed by atoms with Crippen molar-refractivity contribution in [2.24, 2.45) is 0 Å². The summed E-state index contributed by atoms with van der Waals surface area (Å²) in [5, 5.41) is 3.68. The first-order chi connectivity index (χ1) is 9.38. The highest BCUT2D eigenvalue weighted by molar-refractivity contribution is 5.32. The summed E-state index contributed by atoms with van der Waals surface area (Å²) in [6.45, 7) is 7.31. The minimum atomic E-state index is 0.483. The number of benzene rings is 1. The first-order valence-corrected chi connectivity index (χ1v) is 7.51. The molecule has 1 N–H and O–H groups in total. The van der Waals surface area contributed by atoms with Crippen LogP contribution in [0.15, 0.2) is 24.3 Å². The maximum absolute atomic E-state index is 5.60. The molecule has 2 atom stereocenters. The number of morpholine rings is 1. The molecule has 0 radical (unpaired) electrons. The number of hydrogen-bond donors (Lipinski definition) is 1. The smallest absolute Gasteiger partial charge is 0.0622 e. The van der Waals surface area contributed by atoms with E-state index in [1.807, 2.05) is 0 Å². The second-order valence-electron chi connectivity index (χ2n) is 5.59. The molecule has 2 unspecified atom stereocenters. The summed E-state index contributed by atoms with van der Waals surface area (Å²) in [6.07, 6.45) is 2.33. The second kappa shape index (κ2) is 6.04. The predicted molar refractivity (Wildman–Crippen MR) is 77.4 cm³/mol. The SMILES string of the molecule is CCC1COCCN1CC1NCCc2ccccc21. The van der Waals surface area contributed by atoms with Crippen LogP contribution >= 0.6 is 0 Å². The van der Waals surface area contributed by atoms with Gasteiger partial charge in [0.15, 0.2) is 0 Å². The fourth-order valence-corrected chi connectivity index (χ4v) is 3.30. The van der Waals surface area contributed by atoms with Gasteiger partial charge in [-0.25, -0.2) is 0 Å². The van der Waals surface area contributed by atoms with E-state index in [1.54, 1.807) is 0 Å². The Balaban J connectivity index is 1.73. The Labute approximate surface area is 115 Å². The van der Waals surface area contributed by atoms with E-state index in [4.69, 9.17) is 4.74 Å². The zero-order valence-electron chi connectivity index (χ0n) is 11.8. The first-order valence-electron chi connectivity index (χ1n) is 7.51. The molecular formula is C16H24N2O. The van der Waals surface area contributed by atoms with Crippen LogP contribution in [0, 0.1) is 0 Å². The van der Waals surface area contributed by atoms with Crippen molar-refractivity contribution < 1.29 is 4.74 Å². The molecule has 3 rings (SSSR count). The summed E-state index contributed by atoms with van der Waals surface area (Å²) in [4.78, 5) is 2.60. The molecule has 1 aromatic carbocycles. The van der Waals surface area contributed by atoms with Crippen molar-refractivity contribution in [3.63, 3.8) is 0 Å². The number of fused-ring (bicyclic) bond motifs is 1. The van der Waals surface area contributed by atoms with Gasteiger partial charge in [-0.15, -0.1) is 0 Å². The molecular weight excluding hydrogens is 236 g/mol. The number of nitrogens with zero attached hydrogens (tertiary/aromatic N) is 1. The van der Waals surface area contributed by atoms with Crippen LogP contribution in [-0.2, 0) is 11.2 Å². The van der Waals surface area contributed by atoms with E-state index in [0.29, 0.717) is 12.1 Å². The van der Waals surface area contributed by atoms with Gasteiger partial charge in [-0.05, 0) is 30.5 Å². The molecule has 1 saturated heterocycles. The zero-order chi connectivity index (χ0) is 13.1. The number of hydrogen-bond acceptors (Lipinski definition) is 3. The Morgan fingerprint density at radius 3 is 3.16 bits per heavy atom. The average molecular weight is 260 g/mol. The van der Waals surface area contributed by atoms with Gasteiger partial charge in [0.25, 0.3) is 0 Å². The molecule has 0 spiro atoms. The molecule has 3 nitrogen and oxygen atoms in total. The first kappa shape index (κ1) is 13.1. The van der Waals surface area contributed by atoms with Gasteiger partial charge in [-0.2, -0.15) is 0 Å². The minimum absolute atomic E-state index is 0.483. The van der Waals surface area contributed by atoms with E-state index in [2.05, 4.69) is 41.4 Å². The van der Waals surface area contributed by atoms with E-state index in [-0.39, 0.29) is 0 Å². The van der Waals surface area contributed by atoms with Crippen LogP contribution in [0.1, 0.15) is 30.5 Å². The molecule has 0 aromatic heterocycles. The van der Waals surface area contributed by atoms with Gasteiger partial charge in [0, 0.05) is 25.2 Å². The quantitative estimate of drug-likeness (QED) is 0.899. The van der Waals surface area contributed by atoms with Crippen molar-refractivity contribution in [1.29, 1.82) is 0 Å². The van der Waals surface area contributed by atoms with Crippen LogP contribution in [0.2, 0.25) is 0 Å². The summed E-state index contributed by atoms with van der Waals surface area (Å²) < 4.78 is 5.60. The lowest BCUT2D eigenvalue weighted by Crippen LogP contribution is -2.49. The van der Waals surface area contributed by atoms with Crippen LogP contribution in [0.25, 0.3) is 0 Å². The standard InChI is InChI=1S/C16H24N2O/c1-2-14-12-19-10-9-18(14)11-16-15-6-4-3-5-13(15)7-8-17-16/h3-6,14,16-17H,2,7-12H2,1H3. The average Bonchev–Trinajstić information content (AvgIpc) is 2.48. The van der Waals surface area contributed by atoms with Gasteiger partial charge >= 0.3 is 0 Å². The molecule has 19 heavy (non-hydrogen) atoms. The maximum Gasteiger partial charge on any atom is 0.0622 e. The molecule has 2 heterocycles. The Morgan fingerprint density at radius 2 is 2.26 bits per heavy atom. The lowest BCUT2D eigenvalue weighted by Gasteiger charge is -2.39. The van der Waals surface area contributed by atoms with E-state index in [0.717, 1.165) is 39.3 Å². The molecule has 1 aromatic rings. The fourth-order valence-electron chi connectivity index (χ4n) is 3.30. The van der Waals surface area contributed by atoms with Gasteiger partial charge < -0.3 is 10.1 Å². The predicted octanol–water partition coefficient (Wildman–Crippen LogP) is 1.98. The van der Waals surface area contributed by atoms with Gasteiger partial charge in [-0.1, -0.05) is 31.2 Å². The van der Waals surface area contributed by atoms with Crippen molar-refractivity contribution in [3.05, 3.63) is 35.4 Å². The van der Waals surface area contributed by atoms with Crippen molar-refractivity contribution in [2.75, 3.05) is 32.8 Å². The Bertz CT molecular complexity index is 421. The molecule has 0 amide bonds. The molecule has 2 aliphatic heterocycles. The summed E-state index contributed by atoms with van der Waals surface area (Å²) in [5.74, 6) is 0. The highest BCUT2D eigenvalue weighted by Gasteiger charge is 2.27. The third-order valence-corrected chi connectivity index (χ3v) is 4.45. The van der Waals surface area contributed by atoms with E-state index in [1.165, 1.54) is 17.5 Å². The summed E-state index contributed by atoms with van der Waals surface area (Å²) in [7, 11) is 0. The number of nitrogens with one attached hydrogen (secondary N) is 1. The maximum atomic E-state index is 5.60. The van der Waals surface area contributed by atoms with Crippen molar-refractivity contribution in [3.8, 4) is 0 Å². The lowest BCUT2D eigenvalue weighted by atomic mass is 9.93. The van der Waals surface area contributed by atoms with Crippen LogP contribution in [-0.4, -0.2) is 43.8 Å². The Hall–Kier alpha value is -0.900. The summed E-state index contributed by atoms with van der Waals surface area (Å²) >= 11 is 0. The van der Waals surface area contributed by atoms with Gasteiger partial charge in [0.1, 0.15) is 0 Å². The van der Waals surface area contributed by atoms with E-state index in [9.17, 15) is 0 Å². The third kappa shape index (κ3) is 2.83.